The number of nitro groups is 1. The van der Waals surface area contributed by atoms with E-state index in [2.05, 4.69) is 5.10 Å². The second kappa shape index (κ2) is 8.81. The van der Waals surface area contributed by atoms with Gasteiger partial charge in [0.1, 0.15) is 22.8 Å². The van der Waals surface area contributed by atoms with E-state index in [1.165, 1.54) is 24.3 Å². The molecule has 0 aliphatic carbocycles. The Morgan fingerprint density at radius 1 is 1.14 bits per heavy atom. The topological polar surface area (TPSA) is 107 Å². The van der Waals surface area contributed by atoms with Crippen molar-refractivity contribution in [2.24, 2.45) is 0 Å². The van der Waals surface area contributed by atoms with Gasteiger partial charge in [-0.15, -0.1) is 0 Å². The normalized spacial score (nSPS) is 13.9. The van der Waals surface area contributed by atoms with Gasteiger partial charge in [-0.05, 0) is 50.3 Å². The molecule has 3 aromatic carbocycles. The van der Waals surface area contributed by atoms with Crippen LogP contribution in [0.5, 0.6) is 11.5 Å². The number of non-ortho nitro benzene ring substituents is 1. The fraction of sp³-hybridized carbons (Fsp3) is 0.143. The van der Waals surface area contributed by atoms with Gasteiger partial charge in [-0.25, -0.2) is 4.68 Å². The summed E-state index contributed by atoms with van der Waals surface area (Å²) in [5.74, 6) is 0.211. The van der Waals surface area contributed by atoms with Crippen molar-refractivity contribution in [3.8, 4) is 28.4 Å². The van der Waals surface area contributed by atoms with Crippen LogP contribution in [0, 0.1) is 10.1 Å². The number of ketones is 1. The van der Waals surface area contributed by atoms with Crippen molar-refractivity contribution in [1.82, 2.24) is 9.78 Å². The summed E-state index contributed by atoms with van der Waals surface area (Å²) < 4.78 is 7.64. The highest BCUT2D eigenvalue weighted by atomic mass is 16.6. The minimum Gasteiger partial charge on any atom is -0.508 e. The van der Waals surface area contributed by atoms with Gasteiger partial charge in [0.05, 0.1) is 16.2 Å². The fourth-order valence-electron chi connectivity index (χ4n) is 4.31. The lowest BCUT2D eigenvalue weighted by atomic mass is 9.98. The van der Waals surface area contributed by atoms with E-state index in [1.54, 1.807) is 35.2 Å². The van der Waals surface area contributed by atoms with Crippen LogP contribution in [0.4, 0.5) is 5.69 Å². The van der Waals surface area contributed by atoms with Gasteiger partial charge in [0.25, 0.3) is 5.69 Å². The second-order valence-corrected chi connectivity index (χ2v) is 9.20. The molecular weight excluding hydrogens is 458 g/mol. The quantitative estimate of drug-likeness (QED) is 0.162. The number of ether oxygens (including phenoxy) is 1. The maximum Gasteiger partial charge on any atom is 0.270 e. The van der Waals surface area contributed by atoms with Gasteiger partial charge in [0.2, 0.25) is 0 Å². The number of para-hydroxylation sites is 1. The molecule has 8 heteroatoms. The third-order valence-electron chi connectivity index (χ3n) is 5.99. The average Bonchev–Trinajstić information content (AvgIpc) is 3.44. The van der Waals surface area contributed by atoms with Crippen molar-refractivity contribution < 1.29 is 19.6 Å². The van der Waals surface area contributed by atoms with E-state index in [0.29, 0.717) is 40.1 Å². The summed E-state index contributed by atoms with van der Waals surface area (Å²) in [5.41, 5.74) is 2.89. The first-order chi connectivity index (χ1) is 17.2. The summed E-state index contributed by atoms with van der Waals surface area (Å²) in [6.07, 6.45) is 5.34. The molecule has 180 valence electrons. The van der Waals surface area contributed by atoms with Crippen LogP contribution in [0.2, 0.25) is 0 Å². The van der Waals surface area contributed by atoms with Crippen molar-refractivity contribution >= 4 is 17.5 Å². The molecule has 1 N–H and O–H groups in total. The molecular formula is C28H23N3O5. The summed E-state index contributed by atoms with van der Waals surface area (Å²) in [7, 11) is 0. The lowest BCUT2D eigenvalue weighted by molar-refractivity contribution is -0.384. The fourth-order valence-corrected chi connectivity index (χ4v) is 4.31. The SMILES string of the molecule is CC1(C)Cc2c(O)ccc(C(=O)/C=C/c3cn(-c4ccccc4)nc3-c3cccc([N+](=O)[O-])c3)c2O1. The van der Waals surface area contributed by atoms with E-state index in [9.17, 15) is 20.0 Å². The molecule has 0 radical (unpaired) electrons. The molecule has 0 unspecified atom stereocenters. The first-order valence-corrected chi connectivity index (χ1v) is 11.4. The zero-order chi connectivity index (χ0) is 25.4. The van der Waals surface area contributed by atoms with Crippen LogP contribution in [0.25, 0.3) is 23.0 Å². The number of carbonyl (C=O) groups is 1. The molecule has 1 aliphatic rings. The van der Waals surface area contributed by atoms with Crippen molar-refractivity contribution in [3.05, 3.63) is 106 Å². The zero-order valence-electron chi connectivity index (χ0n) is 19.7. The summed E-state index contributed by atoms with van der Waals surface area (Å²) >= 11 is 0. The van der Waals surface area contributed by atoms with Crippen LogP contribution in [-0.4, -0.2) is 31.2 Å². The molecule has 4 aromatic rings. The highest BCUT2D eigenvalue weighted by molar-refractivity contribution is 6.09. The molecule has 36 heavy (non-hydrogen) atoms. The molecule has 0 bridgehead atoms. The van der Waals surface area contributed by atoms with E-state index in [4.69, 9.17) is 4.74 Å². The Morgan fingerprint density at radius 3 is 2.67 bits per heavy atom. The Bertz CT molecular complexity index is 1520. The number of fused-ring (bicyclic) bond motifs is 1. The number of rotatable bonds is 6. The maximum atomic E-state index is 13.2. The summed E-state index contributed by atoms with van der Waals surface area (Å²) in [6, 6.07) is 18.7. The summed E-state index contributed by atoms with van der Waals surface area (Å²) in [4.78, 5) is 24.1. The molecule has 0 saturated heterocycles. The molecule has 2 heterocycles. The summed E-state index contributed by atoms with van der Waals surface area (Å²) in [6.45, 7) is 3.81. The van der Waals surface area contributed by atoms with Crippen LogP contribution in [0.1, 0.15) is 35.3 Å². The number of hydrogen-bond donors (Lipinski definition) is 1. The zero-order valence-corrected chi connectivity index (χ0v) is 19.7. The highest BCUT2D eigenvalue weighted by Crippen LogP contribution is 2.42. The number of carbonyl (C=O) groups excluding carboxylic acids is 1. The van der Waals surface area contributed by atoms with Crippen LogP contribution >= 0.6 is 0 Å². The van der Waals surface area contributed by atoms with Crippen LogP contribution in [0.15, 0.2) is 79.0 Å². The number of aromatic hydroxyl groups is 1. The van der Waals surface area contributed by atoms with E-state index in [1.807, 2.05) is 44.2 Å². The lowest BCUT2D eigenvalue weighted by Crippen LogP contribution is -2.25. The molecule has 0 atom stereocenters. The largest absolute Gasteiger partial charge is 0.508 e. The first-order valence-electron chi connectivity index (χ1n) is 11.4. The van der Waals surface area contributed by atoms with E-state index in [0.717, 1.165) is 5.69 Å². The van der Waals surface area contributed by atoms with Crippen LogP contribution in [0.3, 0.4) is 0 Å². The van der Waals surface area contributed by atoms with Crippen molar-refractivity contribution in [2.75, 3.05) is 0 Å². The van der Waals surface area contributed by atoms with Crippen molar-refractivity contribution in [3.63, 3.8) is 0 Å². The third-order valence-corrected chi connectivity index (χ3v) is 5.99. The number of nitrogens with zero attached hydrogens (tertiary/aromatic N) is 3. The molecule has 0 amide bonds. The smallest absolute Gasteiger partial charge is 0.270 e. The Morgan fingerprint density at radius 2 is 1.92 bits per heavy atom. The molecule has 1 aliphatic heterocycles. The van der Waals surface area contributed by atoms with Gasteiger partial charge in [0, 0.05) is 41.4 Å². The van der Waals surface area contributed by atoms with Gasteiger partial charge in [-0.3, -0.25) is 14.9 Å². The molecule has 0 fully saturated rings. The van der Waals surface area contributed by atoms with Crippen molar-refractivity contribution in [2.45, 2.75) is 25.9 Å². The predicted molar refractivity (Wildman–Crippen MR) is 136 cm³/mol. The highest BCUT2D eigenvalue weighted by Gasteiger charge is 2.35. The second-order valence-electron chi connectivity index (χ2n) is 9.20. The summed E-state index contributed by atoms with van der Waals surface area (Å²) in [5, 5.41) is 26.2. The third kappa shape index (κ3) is 4.36. The Labute approximate surface area is 207 Å². The molecule has 8 nitrogen and oxygen atoms in total. The van der Waals surface area contributed by atoms with E-state index < -0.39 is 10.5 Å². The Hall–Kier alpha value is -4.72. The van der Waals surface area contributed by atoms with E-state index in [-0.39, 0.29) is 17.2 Å². The first kappa shape index (κ1) is 23.0. The van der Waals surface area contributed by atoms with Gasteiger partial charge in [-0.1, -0.05) is 30.3 Å². The number of aromatic nitrogens is 2. The maximum absolute atomic E-state index is 13.2. The van der Waals surface area contributed by atoms with Crippen molar-refractivity contribution in [1.29, 1.82) is 0 Å². The Balaban J connectivity index is 1.55. The molecule has 5 rings (SSSR count). The number of phenols is 1. The molecule has 0 saturated carbocycles. The average molecular weight is 482 g/mol. The van der Waals surface area contributed by atoms with Gasteiger partial charge in [0.15, 0.2) is 5.78 Å². The number of hydrogen-bond acceptors (Lipinski definition) is 6. The minimum absolute atomic E-state index is 0.0489. The van der Waals surface area contributed by atoms with Gasteiger partial charge >= 0.3 is 0 Å². The minimum atomic E-state index is -0.522. The van der Waals surface area contributed by atoms with Gasteiger partial charge < -0.3 is 9.84 Å². The number of allylic oxidation sites excluding steroid dienone is 1. The van der Waals surface area contributed by atoms with E-state index >= 15 is 0 Å². The lowest BCUT2D eigenvalue weighted by Gasteiger charge is -2.17. The van der Waals surface area contributed by atoms with Crippen LogP contribution < -0.4 is 4.74 Å². The standard InChI is InChI=1S/C28H23N3O5/c1-28(2)16-23-25(33)14-12-22(27(23)36-28)24(32)13-11-19-17-30(20-8-4-3-5-9-20)29-26(19)18-7-6-10-21(15-18)31(34)35/h3-15,17,33H,16H2,1-2H3/b13-11+. The Kier molecular flexibility index (Phi) is 5.64. The monoisotopic (exact) mass is 481 g/mol. The number of benzene rings is 3. The van der Waals surface area contributed by atoms with Gasteiger partial charge in [-0.2, -0.15) is 5.10 Å². The molecule has 0 spiro atoms. The predicted octanol–water partition coefficient (Wildman–Crippen LogP) is 5.76. The van der Waals surface area contributed by atoms with Crippen LogP contribution in [-0.2, 0) is 6.42 Å². The number of phenolic OH excluding ortho intramolecular Hbond substituents is 1. The molecule has 1 aromatic heterocycles. The number of nitro benzene ring substituents is 1.